The van der Waals surface area contributed by atoms with Gasteiger partial charge in [0.15, 0.2) is 5.79 Å². The average Bonchev–Trinajstić information content (AvgIpc) is 3.38. The average molecular weight is 535 g/mol. The number of hydrogen-bond acceptors (Lipinski definition) is 5. The normalized spacial score (nSPS) is 50.6. The van der Waals surface area contributed by atoms with Gasteiger partial charge in [0.05, 0.1) is 18.3 Å². The molecule has 4 aliphatic carbocycles. The molecule has 2 saturated heterocycles. The van der Waals surface area contributed by atoms with Gasteiger partial charge < -0.3 is 14.2 Å². The van der Waals surface area contributed by atoms with E-state index in [0.29, 0.717) is 47.4 Å². The van der Waals surface area contributed by atoms with Crippen molar-refractivity contribution in [3.63, 3.8) is 0 Å². The third-order valence-electron chi connectivity index (χ3n) is 13.0. The van der Waals surface area contributed by atoms with E-state index in [2.05, 4.69) is 27.7 Å². The van der Waals surface area contributed by atoms with E-state index in [1.807, 2.05) is 30.3 Å². The molecular formula is C34H46O5. The maximum atomic E-state index is 14.3. The molecule has 2 heterocycles. The zero-order chi connectivity index (χ0) is 27.2. The van der Waals surface area contributed by atoms with Gasteiger partial charge in [-0.3, -0.25) is 4.79 Å². The van der Waals surface area contributed by atoms with Crippen LogP contribution in [-0.4, -0.2) is 36.4 Å². The van der Waals surface area contributed by atoms with Crippen LogP contribution < -0.4 is 0 Å². The molecule has 6 fully saturated rings. The lowest BCUT2D eigenvalue weighted by molar-refractivity contribution is -0.272. The van der Waals surface area contributed by atoms with E-state index in [-0.39, 0.29) is 40.8 Å². The standard InChI is InChI=1S/C34H46O5/c1-20-12-15-34(37-19-20)21(2)30-28(39-34)17-27-25-11-10-23-16-24(38-31(36)22-8-6-5-7-9-22)13-14-32(23,3)26(25)18-29(35)33(27,30)4/h5-9,20-21,23-28,30H,10-19H2,1-4H3/t20?,21-,23-,24+,25+,26?,27?,28-,30-,32-,33+,34+/m0/s1. The van der Waals surface area contributed by atoms with Gasteiger partial charge in [-0.25, -0.2) is 4.79 Å². The van der Waals surface area contributed by atoms with Gasteiger partial charge in [-0.15, -0.1) is 0 Å². The summed E-state index contributed by atoms with van der Waals surface area (Å²) in [4.78, 5) is 27.0. The summed E-state index contributed by atoms with van der Waals surface area (Å²) >= 11 is 0. The summed E-state index contributed by atoms with van der Waals surface area (Å²) in [7, 11) is 0. The van der Waals surface area contributed by atoms with Crippen LogP contribution in [0.25, 0.3) is 0 Å². The van der Waals surface area contributed by atoms with Gasteiger partial charge in [-0.2, -0.15) is 0 Å². The van der Waals surface area contributed by atoms with E-state index in [4.69, 9.17) is 14.2 Å². The van der Waals surface area contributed by atoms with Gasteiger partial charge in [0.1, 0.15) is 11.9 Å². The first kappa shape index (κ1) is 26.2. The molecule has 3 unspecified atom stereocenters. The van der Waals surface area contributed by atoms with Crippen LogP contribution in [-0.2, 0) is 19.0 Å². The molecule has 0 N–H and O–H groups in total. The number of fused-ring (bicyclic) bond motifs is 7. The molecule has 0 amide bonds. The first-order chi connectivity index (χ1) is 18.7. The smallest absolute Gasteiger partial charge is 0.338 e. The van der Waals surface area contributed by atoms with E-state index in [1.54, 1.807) is 0 Å². The minimum atomic E-state index is -0.480. The van der Waals surface area contributed by atoms with Gasteiger partial charge >= 0.3 is 5.97 Å². The molecule has 0 radical (unpaired) electrons. The van der Waals surface area contributed by atoms with Crippen molar-refractivity contribution in [2.24, 2.45) is 52.3 Å². The number of hydrogen-bond donors (Lipinski definition) is 0. The molecule has 12 atom stereocenters. The van der Waals surface area contributed by atoms with Crippen molar-refractivity contribution in [3.05, 3.63) is 35.9 Å². The Morgan fingerprint density at radius 1 is 0.974 bits per heavy atom. The highest BCUT2D eigenvalue weighted by Crippen LogP contribution is 2.70. The van der Waals surface area contributed by atoms with E-state index in [0.717, 1.165) is 45.1 Å². The Bertz CT molecular complexity index is 1120. The number of benzene rings is 1. The van der Waals surface area contributed by atoms with Gasteiger partial charge in [0.25, 0.3) is 0 Å². The predicted molar refractivity (Wildman–Crippen MR) is 148 cm³/mol. The maximum absolute atomic E-state index is 14.3. The molecule has 6 aliphatic rings. The van der Waals surface area contributed by atoms with Crippen molar-refractivity contribution in [2.75, 3.05) is 6.61 Å². The van der Waals surface area contributed by atoms with Crippen molar-refractivity contribution in [3.8, 4) is 0 Å². The number of esters is 1. The summed E-state index contributed by atoms with van der Waals surface area (Å²) in [5.41, 5.74) is 0.473. The number of ketones is 1. The highest BCUT2D eigenvalue weighted by Gasteiger charge is 2.71. The Morgan fingerprint density at radius 2 is 1.77 bits per heavy atom. The van der Waals surface area contributed by atoms with Gasteiger partial charge in [-0.05, 0) is 92.1 Å². The Labute approximate surface area is 233 Å². The first-order valence-electron chi connectivity index (χ1n) is 15.8. The largest absolute Gasteiger partial charge is 0.459 e. The fraction of sp³-hybridized carbons (Fsp3) is 0.765. The summed E-state index contributed by atoms with van der Waals surface area (Å²) in [5, 5.41) is 0. The van der Waals surface area contributed by atoms with Crippen LogP contribution in [0.2, 0.25) is 0 Å². The molecule has 1 aromatic carbocycles. The molecule has 4 saturated carbocycles. The third-order valence-corrected chi connectivity index (χ3v) is 13.0. The fourth-order valence-corrected chi connectivity index (χ4v) is 10.8. The van der Waals surface area contributed by atoms with Crippen LogP contribution in [0.15, 0.2) is 30.3 Å². The number of carbonyl (C=O) groups is 2. The number of ether oxygens (including phenoxy) is 3. The van der Waals surface area contributed by atoms with Crippen LogP contribution in [0, 0.1) is 52.3 Å². The molecule has 0 aromatic heterocycles. The summed E-state index contributed by atoms with van der Waals surface area (Å²) in [5.74, 6) is 2.84. The lowest BCUT2D eigenvalue weighted by Gasteiger charge is -2.60. The van der Waals surface area contributed by atoms with E-state index < -0.39 is 5.79 Å². The second-order valence-electron chi connectivity index (χ2n) is 14.7. The highest BCUT2D eigenvalue weighted by molar-refractivity contribution is 5.89. The second kappa shape index (κ2) is 9.14. The Balaban J connectivity index is 1.08. The lowest BCUT2D eigenvalue weighted by Crippen LogP contribution is -2.58. The quantitative estimate of drug-likeness (QED) is 0.389. The topological polar surface area (TPSA) is 61.8 Å². The highest BCUT2D eigenvalue weighted by atomic mass is 16.7. The first-order valence-corrected chi connectivity index (χ1v) is 15.8. The van der Waals surface area contributed by atoms with Crippen LogP contribution in [0.5, 0.6) is 0 Å². The summed E-state index contributed by atoms with van der Waals surface area (Å²) < 4.78 is 19.3. The van der Waals surface area contributed by atoms with Crippen LogP contribution in [0.1, 0.15) is 95.8 Å². The van der Waals surface area contributed by atoms with Crippen LogP contribution >= 0.6 is 0 Å². The number of rotatable bonds is 2. The Kier molecular flexibility index (Phi) is 6.14. The third kappa shape index (κ3) is 3.77. The van der Waals surface area contributed by atoms with Gasteiger partial charge in [0.2, 0.25) is 0 Å². The molecule has 0 bridgehead atoms. The number of Topliss-reactive ketones (excluding diaryl/α,β-unsaturated/α-hetero) is 1. The minimum Gasteiger partial charge on any atom is -0.459 e. The van der Waals surface area contributed by atoms with Crippen molar-refractivity contribution >= 4 is 11.8 Å². The summed E-state index contributed by atoms with van der Waals surface area (Å²) in [6.45, 7) is 10.1. The minimum absolute atomic E-state index is 0.0219. The van der Waals surface area contributed by atoms with Crippen molar-refractivity contribution < 1.29 is 23.8 Å². The van der Waals surface area contributed by atoms with Crippen molar-refractivity contribution in [1.82, 2.24) is 0 Å². The summed E-state index contributed by atoms with van der Waals surface area (Å²) in [6.07, 6.45) is 9.17. The predicted octanol–water partition coefficient (Wildman–Crippen LogP) is 6.84. The zero-order valence-electron chi connectivity index (χ0n) is 24.2. The molecule has 39 heavy (non-hydrogen) atoms. The molecule has 7 rings (SSSR count). The molecule has 5 heteroatoms. The van der Waals surface area contributed by atoms with E-state index in [9.17, 15) is 9.59 Å². The molecule has 212 valence electrons. The SMILES string of the molecule is CC1CC[C@@]2(OC1)O[C@H]1CC3[C@@H]4CC[C@H]5C[C@H](OC(=O)c6ccccc6)CC[C@]5(C)C4CC(=O)[C@]3(C)[C@H]1[C@@H]2C. The maximum Gasteiger partial charge on any atom is 0.338 e. The summed E-state index contributed by atoms with van der Waals surface area (Å²) in [6, 6.07) is 9.35. The van der Waals surface area contributed by atoms with Crippen molar-refractivity contribution in [1.29, 1.82) is 0 Å². The van der Waals surface area contributed by atoms with E-state index >= 15 is 0 Å². The van der Waals surface area contributed by atoms with E-state index in [1.165, 1.54) is 12.8 Å². The molecular weight excluding hydrogens is 488 g/mol. The molecule has 5 nitrogen and oxygen atoms in total. The monoisotopic (exact) mass is 534 g/mol. The Hall–Kier alpha value is -1.72. The second-order valence-corrected chi connectivity index (χ2v) is 14.7. The van der Waals surface area contributed by atoms with Crippen LogP contribution in [0.3, 0.4) is 0 Å². The molecule has 1 aromatic rings. The lowest BCUT2D eigenvalue weighted by atomic mass is 9.44. The van der Waals surface area contributed by atoms with Gasteiger partial charge in [-0.1, -0.05) is 45.9 Å². The molecule has 1 spiro atoms. The van der Waals surface area contributed by atoms with Gasteiger partial charge in [0, 0.05) is 30.1 Å². The number of carbonyl (C=O) groups excluding carboxylic acids is 2. The fourth-order valence-electron chi connectivity index (χ4n) is 10.8. The van der Waals surface area contributed by atoms with Crippen LogP contribution in [0.4, 0.5) is 0 Å². The molecule has 2 aliphatic heterocycles. The van der Waals surface area contributed by atoms with Crippen molar-refractivity contribution in [2.45, 2.75) is 103 Å². The zero-order valence-corrected chi connectivity index (χ0v) is 24.2. The Morgan fingerprint density at radius 3 is 2.51 bits per heavy atom.